The lowest BCUT2D eigenvalue weighted by Crippen LogP contribution is -2.35. The Balaban J connectivity index is 1.45. The number of anilines is 1. The number of nitrogens with one attached hydrogen (secondary N) is 1. The van der Waals surface area contributed by atoms with Crippen LogP contribution in [0.3, 0.4) is 0 Å². The second-order valence-electron chi connectivity index (χ2n) is 7.41. The number of hydrogen-bond acceptors (Lipinski definition) is 7. The maximum absolute atomic E-state index is 13.0. The average molecular weight is 489 g/mol. The molecule has 0 atom stereocenters. The highest BCUT2D eigenvalue weighted by atomic mass is 32.2. The summed E-state index contributed by atoms with van der Waals surface area (Å²) < 4.78 is 31.8. The van der Waals surface area contributed by atoms with Gasteiger partial charge in [0.05, 0.1) is 23.4 Å². The Hall–Kier alpha value is -3.02. The molecule has 1 N–H and O–H groups in total. The van der Waals surface area contributed by atoms with Crippen molar-refractivity contribution in [2.75, 3.05) is 25.0 Å². The van der Waals surface area contributed by atoms with Gasteiger partial charge >= 0.3 is 0 Å². The zero-order valence-corrected chi connectivity index (χ0v) is 19.9. The smallest absolute Gasteiger partial charge is 0.293 e. The number of carbonyl (C=O) groups excluding carboxylic acids is 2. The summed E-state index contributed by atoms with van der Waals surface area (Å²) in [6.45, 7) is 5.21. The van der Waals surface area contributed by atoms with Crippen molar-refractivity contribution in [3.63, 3.8) is 0 Å². The van der Waals surface area contributed by atoms with Crippen LogP contribution in [-0.2, 0) is 23.0 Å². The molecule has 0 bridgehead atoms. The minimum Gasteiger partial charge on any atom is -0.459 e. The van der Waals surface area contributed by atoms with E-state index in [9.17, 15) is 18.0 Å². The number of thiazole rings is 1. The van der Waals surface area contributed by atoms with E-state index in [1.807, 2.05) is 0 Å². The maximum atomic E-state index is 13.0. The summed E-state index contributed by atoms with van der Waals surface area (Å²) in [6.07, 6.45) is 2.00. The van der Waals surface area contributed by atoms with E-state index in [0.717, 1.165) is 10.6 Å². The number of benzene rings is 1. The van der Waals surface area contributed by atoms with Crippen LogP contribution in [0, 0.1) is 0 Å². The number of fused-ring (bicyclic) bond motifs is 1. The van der Waals surface area contributed by atoms with Crippen LogP contribution in [0.1, 0.15) is 45.3 Å². The van der Waals surface area contributed by atoms with Gasteiger partial charge in [-0.2, -0.15) is 4.31 Å². The van der Waals surface area contributed by atoms with Crippen LogP contribution in [0.5, 0.6) is 0 Å². The van der Waals surface area contributed by atoms with Crippen LogP contribution in [0.4, 0.5) is 5.13 Å². The van der Waals surface area contributed by atoms with Crippen LogP contribution in [-0.4, -0.2) is 54.1 Å². The third kappa shape index (κ3) is 4.70. The molecule has 11 heteroatoms. The zero-order chi connectivity index (χ0) is 23.6. The summed E-state index contributed by atoms with van der Waals surface area (Å²) in [4.78, 5) is 32.5. The summed E-state index contributed by atoms with van der Waals surface area (Å²) in [5.74, 6) is -0.354. The molecular weight excluding hydrogens is 464 g/mol. The lowest BCUT2D eigenvalue weighted by Gasteiger charge is -2.26. The van der Waals surface area contributed by atoms with Crippen molar-refractivity contribution >= 4 is 38.3 Å². The number of rotatable bonds is 7. The van der Waals surface area contributed by atoms with Gasteiger partial charge < -0.3 is 9.32 Å². The van der Waals surface area contributed by atoms with Gasteiger partial charge in [0, 0.05) is 36.5 Å². The fourth-order valence-electron chi connectivity index (χ4n) is 3.65. The Morgan fingerprint density at radius 1 is 1.18 bits per heavy atom. The Morgan fingerprint density at radius 2 is 1.91 bits per heavy atom. The monoisotopic (exact) mass is 488 g/mol. The number of carbonyl (C=O) groups is 2. The van der Waals surface area contributed by atoms with Crippen LogP contribution < -0.4 is 5.32 Å². The molecule has 2 amide bonds. The number of furan rings is 1. The summed E-state index contributed by atoms with van der Waals surface area (Å²) in [5, 5.41) is 3.19. The minimum absolute atomic E-state index is 0.170. The van der Waals surface area contributed by atoms with Crippen LogP contribution in [0.25, 0.3) is 0 Å². The maximum Gasteiger partial charge on any atom is 0.293 e. The summed E-state index contributed by atoms with van der Waals surface area (Å²) in [5.41, 5.74) is 1.28. The van der Waals surface area contributed by atoms with Gasteiger partial charge in [0.1, 0.15) is 0 Å². The topological polar surface area (TPSA) is 113 Å². The molecule has 0 saturated carbocycles. The molecule has 174 valence electrons. The Bertz CT molecular complexity index is 1250. The molecule has 2 aromatic heterocycles. The molecule has 0 radical (unpaired) electrons. The molecule has 0 unspecified atom stereocenters. The first kappa shape index (κ1) is 23.1. The fourth-order valence-corrected chi connectivity index (χ4v) is 6.13. The molecule has 9 nitrogen and oxygen atoms in total. The van der Waals surface area contributed by atoms with Gasteiger partial charge in [0.2, 0.25) is 10.0 Å². The number of amides is 2. The molecule has 0 fully saturated rings. The Morgan fingerprint density at radius 3 is 2.55 bits per heavy atom. The highest BCUT2D eigenvalue weighted by molar-refractivity contribution is 7.89. The molecule has 0 aliphatic carbocycles. The lowest BCUT2D eigenvalue weighted by molar-refractivity contribution is 0.0736. The molecule has 0 saturated heterocycles. The molecule has 4 rings (SSSR count). The van der Waals surface area contributed by atoms with Crippen molar-refractivity contribution in [2.45, 2.75) is 31.7 Å². The van der Waals surface area contributed by atoms with E-state index in [0.29, 0.717) is 43.3 Å². The Labute approximate surface area is 196 Å². The number of aromatic nitrogens is 1. The van der Waals surface area contributed by atoms with E-state index in [-0.39, 0.29) is 22.5 Å². The first-order valence-electron chi connectivity index (χ1n) is 10.6. The van der Waals surface area contributed by atoms with Crippen molar-refractivity contribution in [1.29, 1.82) is 0 Å². The number of hydrogen-bond donors (Lipinski definition) is 1. The third-order valence-electron chi connectivity index (χ3n) is 5.43. The van der Waals surface area contributed by atoms with E-state index in [2.05, 4.69) is 10.3 Å². The Kier molecular flexibility index (Phi) is 6.63. The van der Waals surface area contributed by atoms with Crippen molar-refractivity contribution < 1.29 is 22.4 Å². The fraction of sp³-hybridized carbons (Fsp3) is 0.318. The first-order chi connectivity index (χ1) is 15.8. The largest absolute Gasteiger partial charge is 0.459 e. The van der Waals surface area contributed by atoms with E-state index in [4.69, 9.17) is 4.42 Å². The molecule has 33 heavy (non-hydrogen) atoms. The van der Waals surface area contributed by atoms with Crippen LogP contribution >= 0.6 is 11.3 Å². The van der Waals surface area contributed by atoms with Crippen LogP contribution in [0.15, 0.2) is 52.0 Å². The molecular formula is C22H24N4O5S2. The normalized spacial score (nSPS) is 13.7. The van der Waals surface area contributed by atoms with Crippen molar-refractivity contribution in [1.82, 2.24) is 14.2 Å². The minimum atomic E-state index is -3.57. The van der Waals surface area contributed by atoms with Gasteiger partial charge in [-0.25, -0.2) is 13.4 Å². The van der Waals surface area contributed by atoms with Crippen molar-refractivity contribution in [3.05, 3.63) is 64.6 Å². The van der Waals surface area contributed by atoms with E-state index in [1.54, 1.807) is 43.0 Å². The van der Waals surface area contributed by atoms with E-state index in [1.165, 1.54) is 34.0 Å². The van der Waals surface area contributed by atoms with Gasteiger partial charge in [-0.3, -0.25) is 14.9 Å². The van der Waals surface area contributed by atoms with Gasteiger partial charge in [0.25, 0.3) is 11.8 Å². The molecule has 0 spiro atoms. The third-order valence-corrected chi connectivity index (χ3v) is 8.49. The predicted molar refractivity (Wildman–Crippen MR) is 124 cm³/mol. The molecule has 3 aromatic rings. The average Bonchev–Trinajstić information content (AvgIpc) is 3.48. The standard InChI is InChI=1S/C22H24N4O5S2/c1-3-26(4-2)33(29,30)16-9-7-15(8-10-16)21(28)25-12-11-17-19(14-25)32-22(23-17)24-20(27)18-6-5-13-31-18/h5-10,13H,3-4,11-12,14H2,1-2H3,(H,23,24,27). The van der Waals surface area contributed by atoms with Crippen LogP contribution in [0.2, 0.25) is 0 Å². The first-order valence-corrected chi connectivity index (χ1v) is 12.8. The van der Waals surface area contributed by atoms with Gasteiger partial charge in [-0.1, -0.05) is 25.2 Å². The van der Waals surface area contributed by atoms with E-state index < -0.39 is 10.0 Å². The number of sulfonamides is 1. The summed E-state index contributed by atoms with van der Waals surface area (Å²) in [7, 11) is -3.57. The molecule has 1 aromatic carbocycles. The zero-order valence-electron chi connectivity index (χ0n) is 18.3. The van der Waals surface area contributed by atoms with E-state index >= 15 is 0 Å². The highest BCUT2D eigenvalue weighted by Crippen LogP contribution is 2.29. The summed E-state index contributed by atoms with van der Waals surface area (Å²) >= 11 is 1.33. The highest BCUT2D eigenvalue weighted by Gasteiger charge is 2.27. The second-order valence-corrected chi connectivity index (χ2v) is 10.4. The lowest BCUT2D eigenvalue weighted by atomic mass is 10.1. The second kappa shape index (κ2) is 9.46. The quantitative estimate of drug-likeness (QED) is 0.546. The van der Waals surface area contributed by atoms with Gasteiger partial charge in [0.15, 0.2) is 10.9 Å². The predicted octanol–water partition coefficient (Wildman–Crippen LogP) is 3.22. The number of nitrogens with zero attached hydrogens (tertiary/aromatic N) is 3. The molecule has 1 aliphatic heterocycles. The van der Waals surface area contributed by atoms with Gasteiger partial charge in [-0.05, 0) is 36.4 Å². The molecule has 3 heterocycles. The molecule has 1 aliphatic rings. The SMILES string of the molecule is CCN(CC)S(=O)(=O)c1ccc(C(=O)N2CCc3nc(NC(=O)c4ccco4)sc3C2)cc1. The summed E-state index contributed by atoms with van der Waals surface area (Å²) in [6, 6.07) is 9.26. The van der Waals surface area contributed by atoms with Gasteiger partial charge in [-0.15, -0.1) is 0 Å². The van der Waals surface area contributed by atoms with Crippen molar-refractivity contribution in [2.24, 2.45) is 0 Å². The van der Waals surface area contributed by atoms with Crippen molar-refractivity contribution in [3.8, 4) is 0 Å².